The molecule has 0 aromatic carbocycles. The summed E-state index contributed by atoms with van der Waals surface area (Å²) in [5, 5.41) is 4.73. The Morgan fingerprint density at radius 3 is 2.74 bits per heavy atom. The van der Waals surface area contributed by atoms with Gasteiger partial charge in [0.15, 0.2) is 11.5 Å². The van der Waals surface area contributed by atoms with Crippen molar-refractivity contribution in [1.82, 2.24) is 19.7 Å². The first-order chi connectivity index (χ1) is 16.3. The predicted octanol–water partition coefficient (Wildman–Crippen LogP) is 5.37. The summed E-state index contributed by atoms with van der Waals surface area (Å²) in [6, 6.07) is 5.85. The van der Waals surface area contributed by atoms with E-state index >= 15 is 4.39 Å². The van der Waals surface area contributed by atoms with Gasteiger partial charge < -0.3 is 9.53 Å². The van der Waals surface area contributed by atoms with Gasteiger partial charge in [-0.05, 0) is 50.8 Å². The van der Waals surface area contributed by atoms with Crippen LogP contribution in [0, 0.1) is 6.92 Å². The summed E-state index contributed by atoms with van der Waals surface area (Å²) in [6.07, 6.45) is 6.50. The lowest BCUT2D eigenvalue weighted by molar-refractivity contribution is -0.138. The summed E-state index contributed by atoms with van der Waals surface area (Å²) in [7, 11) is 0. The van der Waals surface area contributed by atoms with Gasteiger partial charge in [0.2, 0.25) is 0 Å². The number of carbonyl (C=O) groups is 1. The standard InChI is InChI=1S/C24H28ClFN4OS.CH2O/c1-4-17-6-5-9-27-22(17)30-14-18(16(2)28-30)13-29-10-7-24(8-11-29)21-19(12-20(25)32-21)23(3,26)15-31-24;1-2/h5-6,9,12,14H,4,7-8,10-11,13,15H2,1-3H3;1H2. The number of pyridine rings is 1. The topological polar surface area (TPSA) is 60.2 Å². The number of halogens is 2. The molecule has 1 saturated heterocycles. The van der Waals surface area contributed by atoms with Crippen LogP contribution in [-0.4, -0.2) is 46.1 Å². The molecule has 2 aliphatic heterocycles. The van der Waals surface area contributed by atoms with Crippen LogP contribution in [0.5, 0.6) is 0 Å². The summed E-state index contributed by atoms with van der Waals surface area (Å²) in [4.78, 5) is 16.0. The SMILES string of the molecule is C=O.CCc1cccnc1-n1cc(CN2CCC3(CC2)OCC(C)(F)c2cc(Cl)sc23)c(C)n1. The highest BCUT2D eigenvalue weighted by molar-refractivity contribution is 7.16. The van der Waals surface area contributed by atoms with Crippen molar-refractivity contribution in [1.29, 1.82) is 0 Å². The highest BCUT2D eigenvalue weighted by atomic mass is 35.5. The van der Waals surface area contributed by atoms with E-state index in [1.54, 1.807) is 13.0 Å². The van der Waals surface area contributed by atoms with Crippen LogP contribution >= 0.6 is 22.9 Å². The maximum Gasteiger partial charge on any atom is 0.157 e. The number of aromatic nitrogens is 3. The van der Waals surface area contributed by atoms with Gasteiger partial charge in [-0.15, -0.1) is 11.3 Å². The van der Waals surface area contributed by atoms with Gasteiger partial charge in [0.05, 0.1) is 16.6 Å². The van der Waals surface area contributed by atoms with E-state index in [9.17, 15) is 0 Å². The number of ether oxygens (including phenoxy) is 1. The number of thiophene rings is 1. The first-order valence-corrected chi connectivity index (χ1v) is 12.6. The minimum Gasteiger partial charge on any atom is -0.366 e. The third-order valence-corrected chi connectivity index (χ3v) is 8.27. The van der Waals surface area contributed by atoms with Crippen LogP contribution < -0.4 is 0 Å². The second kappa shape index (κ2) is 9.85. The Morgan fingerprint density at radius 2 is 2.03 bits per heavy atom. The van der Waals surface area contributed by atoms with E-state index < -0.39 is 11.3 Å². The molecule has 1 atom stereocenters. The first-order valence-electron chi connectivity index (χ1n) is 11.4. The molecule has 6 nitrogen and oxygen atoms in total. The summed E-state index contributed by atoms with van der Waals surface area (Å²) >= 11 is 7.75. The average Bonchev–Trinajstić information content (AvgIpc) is 3.43. The summed E-state index contributed by atoms with van der Waals surface area (Å²) < 4.78 is 23.8. The van der Waals surface area contributed by atoms with E-state index in [2.05, 4.69) is 36.0 Å². The van der Waals surface area contributed by atoms with Gasteiger partial charge >= 0.3 is 0 Å². The molecule has 3 aromatic rings. The molecule has 5 rings (SSSR count). The van der Waals surface area contributed by atoms with Crippen molar-refractivity contribution in [2.24, 2.45) is 0 Å². The number of carbonyl (C=O) groups excluding carboxylic acids is 1. The van der Waals surface area contributed by atoms with Gasteiger partial charge in [-0.1, -0.05) is 24.6 Å². The molecule has 182 valence electrons. The third-order valence-electron chi connectivity index (χ3n) is 6.82. The molecule has 0 radical (unpaired) electrons. The number of hydrogen-bond acceptors (Lipinski definition) is 6. The molecule has 0 aliphatic carbocycles. The molecule has 1 unspecified atom stereocenters. The van der Waals surface area contributed by atoms with Crippen molar-refractivity contribution in [3.8, 4) is 5.82 Å². The average molecular weight is 505 g/mol. The van der Waals surface area contributed by atoms with Crippen molar-refractivity contribution in [2.45, 2.75) is 57.8 Å². The van der Waals surface area contributed by atoms with E-state index in [1.165, 1.54) is 22.5 Å². The van der Waals surface area contributed by atoms with E-state index in [4.69, 9.17) is 26.2 Å². The normalized spacial score (nSPS) is 21.7. The first kappa shape index (κ1) is 25.0. The zero-order chi connectivity index (χ0) is 24.5. The number of likely N-dealkylation sites (tertiary alicyclic amines) is 1. The van der Waals surface area contributed by atoms with Gasteiger partial charge in [-0.25, -0.2) is 14.1 Å². The Labute approximate surface area is 208 Å². The monoisotopic (exact) mass is 504 g/mol. The fourth-order valence-corrected chi connectivity index (χ4v) is 6.40. The van der Waals surface area contributed by atoms with Crippen LogP contribution in [0.2, 0.25) is 4.34 Å². The molecule has 1 fully saturated rings. The van der Waals surface area contributed by atoms with E-state index in [-0.39, 0.29) is 6.61 Å². The molecule has 9 heteroatoms. The second-order valence-corrected chi connectivity index (χ2v) is 10.8. The molecule has 0 amide bonds. The number of piperidine rings is 1. The van der Waals surface area contributed by atoms with Gasteiger partial charge in [0.1, 0.15) is 12.4 Å². The van der Waals surface area contributed by atoms with Gasteiger partial charge in [0.25, 0.3) is 0 Å². The van der Waals surface area contributed by atoms with Gasteiger partial charge in [-0.3, -0.25) is 4.90 Å². The number of alkyl halides is 1. The smallest absolute Gasteiger partial charge is 0.157 e. The fourth-order valence-electron chi connectivity index (χ4n) is 4.86. The van der Waals surface area contributed by atoms with Crippen molar-refractivity contribution >= 4 is 29.7 Å². The highest BCUT2D eigenvalue weighted by Gasteiger charge is 2.49. The highest BCUT2D eigenvalue weighted by Crippen LogP contribution is 2.51. The largest absolute Gasteiger partial charge is 0.366 e. The fraction of sp³-hybridized carbons (Fsp3) is 0.480. The molecule has 3 aromatic heterocycles. The Hall–Kier alpha value is -2.13. The number of aryl methyl sites for hydroxylation is 2. The van der Waals surface area contributed by atoms with Crippen molar-refractivity contribution in [2.75, 3.05) is 19.7 Å². The lowest BCUT2D eigenvalue weighted by Gasteiger charge is -2.46. The van der Waals surface area contributed by atoms with Crippen molar-refractivity contribution in [3.63, 3.8) is 0 Å². The summed E-state index contributed by atoms with van der Waals surface area (Å²) in [5.41, 5.74) is 2.23. The van der Waals surface area contributed by atoms with Crippen LogP contribution in [0.4, 0.5) is 4.39 Å². The Balaban J connectivity index is 0.00000133. The van der Waals surface area contributed by atoms with Crippen molar-refractivity contribution < 1.29 is 13.9 Å². The molecular weight excluding hydrogens is 475 g/mol. The second-order valence-electron chi connectivity index (χ2n) is 9.07. The maximum absolute atomic E-state index is 15.0. The zero-order valence-electron chi connectivity index (χ0n) is 19.8. The quantitative estimate of drug-likeness (QED) is 0.477. The molecule has 34 heavy (non-hydrogen) atoms. The molecule has 5 heterocycles. The number of rotatable bonds is 4. The molecule has 0 saturated carbocycles. The lowest BCUT2D eigenvalue weighted by atomic mass is 9.81. The minimum atomic E-state index is -1.48. The Bertz CT molecular complexity index is 1150. The van der Waals surface area contributed by atoms with Crippen molar-refractivity contribution in [3.05, 3.63) is 62.2 Å². The van der Waals surface area contributed by atoms with E-state index in [0.717, 1.165) is 55.3 Å². The molecule has 1 spiro atoms. The maximum atomic E-state index is 15.0. The number of hydrogen-bond donors (Lipinski definition) is 0. The van der Waals surface area contributed by atoms with Gasteiger partial charge in [0, 0.05) is 48.0 Å². The van der Waals surface area contributed by atoms with Crippen LogP contribution in [0.3, 0.4) is 0 Å². The molecular formula is C25H30ClFN4O2S. The molecule has 0 bridgehead atoms. The van der Waals surface area contributed by atoms with Crippen LogP contribution in [0.15, 0.2) is 30.6 Å². The van der Waals surface area contributed by atoms with E-state index in [1.807, 2.05) is 23.7 Å². The van der Waals surface area contributed by atoms with Crippen LogP contribution in [0.1, 0.15) is 54.0 Å². The molecule has 0 N–H and O–H groups in total. The van der Waals surface area contributed by atoms with Gasteiger partial charge in [-0.2, -0.15) is 5.10 Å². The number of fused-ring (bicyclic) bond motifs is 2. The zero-order valence-corrected chi connectivity index (χ0v) is 21.4. The lowest BCUT2D eigenvalue weighted by Crippen LogP contribution is -2.48. The minimum absolute atomic E-state index is 0.0861. The Kier molecular flexibility index (Phi) is 7.24. The third kappa shape index (κ3) is 4.56. The Morgan fingerprint density at radius 1 is 1.29 bits per heavy atom. The van der Waals surface area contributed by atoms with E-state index in [0.29, 0.717) is 9.90 Å². The summed E-state index contributed by atoms with van der Waals surface area (Å²) in [5.74, 6) is 0.897. The molecule has 2 aliphatic rings. The number of nitrogens with zero attached hydrogens (tertiary/aromatic N) is 4. The van der Waals surface area contributed by atoms with Crippen LogP contribution in [-0.2, 0) is 33.8 Å². The predicted molar refractivity (Wildman–Crippen MR) is 133 cm³/mol. The summed E-state index contributed by atoms with van der Waals surface area (Å²) in [6.45, 7) is 10.4. The van der Waals surface area contributed by atoms with Crippen LogP contribution in [0.25, 0.3) is 5.82 Å².